The van der Waals surface area contributed by atoms with Crippen molar-refractivity contribution < 1.29 is 4.79 Å². The molecule has 0 aromatic heterocycles. The average Bonchev–Trinajstić information content (AvgIpc) is 2.46. The van der Waals surface area contributed by atoms with Crippen LogP contribution in [0.1, 0.15) is 66.6 Å². The van der Waals surface area contributed by atoms with Crippen molar-refractivity contribution in [2.24, 2.45) is 0 Å². The van der Waals surface area contributed by atoms with Gasteiger partial charge in [0, 0.05) is 15.6 Å². The highest BCUT2D eigenvalue weighted by molar-refractivity contribution is 9.10. The van der Waals surface area contributed by atoms with Gasteiger partial charge in [-0.3, -0.25) is 4.79 Å². The normalized spacial score (nSPS) is 11.2. The molecule has 0 fully saturated rings. The van der Waals surface area contributed by atoms with Gasteiger partial charge in [0.1, 0.15) is 0 Å². The molecular weight excluding hydrogens is 324 g/mol. The second-order valence-electron chi connectivity index (χ2n) is 5.99. The first-order chi connectivity index (χ1) is 9.90. The zero-order valence-electron chi connectivity index (χ0n) is 13.0. The molecule has 110 valence electrons. The molecule has 0 atom stereocenters. The molecule has 0 aliphatic rings. The predicted octanol–water partition coefficient (Wildman–Crippen LogP) is 5.93. The highest BCUT2D eigenvalue weighted by Crippen LogP contribution is 2.27. The highest BCUT2D eigenvalue weighted by Gasteiger charge is 2.16. The van der Waals surface area contributed by atoms with Crippen LogP contribution in [-0.4, -0.2) is 5.78 Å². The van der Waals surface area contributed by atoms with E-state index in [1.165, 1.54) is 5.56 Å². The Balaban J connectivity index is 2.47. The Morgan fingerprint density at radius 1 is 0.905 bits per heavy atom. The largest absolute Gasteiger partial charge is 0.289 e. The Morgan fingerprint density at radius 2 is 1.52 bits per heavy atom. The Kier molecular flexibility index (Phi) is 5.00. The fourth-order valence-electron chi connectivity index (χ4n) is 2.38. The van der Waals surface area contributed by atoms with E-state index in [1.807, 2.05) is 30.3 Å². The molecule has 1 nitrogen and oxygen atoms in total. The van der Waals surface area contributed by atoms with E-state index in [9.17, 15) is 4.79 Å². The summed E-state index contributed by atoms with van der Waals surface area (Å²) in [5, 5.41) is 0. The smallest absolute Gasteiger partial charge is 0.193 e. The maximum Gasteiger partial charge on any atom is 0.193 e. The Hall–Kier alpha value is -1.41. The van der Waals surface area contributed by atoms with Crippen LogP contribution in [0, 0.1) is 0 Å². The van der Waals surface area contributed by atoms with Gasteiger partial charge in [0.2, 0.25) is 0 Å². The standard InChI is InChI=1S/C19H21BrO/c1-12(2)15-7-10-17(18(11-15)13(3)4)19(21)14-5-8-16(20)9-6-14/h5-13H,1-4H3. The van der Waals surface area contributed by atoms with Crippen molar-refractivity contribution in [2.45, 2.75) is 39.5 Å². The van der Waals surface area contributed by atoms with E-state index >= 15 is 0 Å². The van der Waals surface area contributed by atoms with E-state index in [-0.39, 0.29) is 5.78 Å². The number of ketones is 1. The minimum atomic E-state index is 0.0986. The molecule has 0 saturated carbocycles. The molecule has 2 heteroatoms. The molecule has 0 N–H and O–H groups in total. The SMILES string of the molecule is CC(C)c1ccc(C(=O)c2ccc(Br)cc2)c(C(C)C)c1. The molecule has 2 aromatic rings. The van der Waals surface area contributed by atoms with Crippen LogP contribution in [0.15, 0.2) is 46.9 Å². The summed E-state index contributed by atoms with van der Waals surface area (Å²) in [6.45, 7) is 8.63. The lowest BCUT2D eigenvalue weighted by Gasteiger charge is -2.16. The summed E-state index contributed by atoms with van der Waals surface area (Å²) < 4.78 is 0.985. The van der Waals surface area contributed by atoms with Crippen LogP contribution in [-0.2, 0) is 0 Å². The third-order valence-corrected chi connectivity index (χ3v) is 4.24. The minimum Gasteiger partial charge on any atom is -0.289 e. The first kappa shape index (κ1) is 16.0. The number of carbonyl (C=O) groups is 1. The molecule has 0 radical (unpaired) electrons. The molecule has 0 aliphatic heterocycles. The van der Waals surface area contributed by atoms with Crippen LogP contribution < -0.4 is 0 Å². The van der Waals surface area contributed by atoms with Crippen LogP contribution in [0.25, 0.3) is 0 Å². The first-order valence-electron chi connectivity index (χ1n) is 7.34. The number of hydrogen-bond donors (Lipinski definition) is 0. The molecule has 0 unspecified atom stereocenters. The molecular formula is C19H21BrO. The van der Waals surface area contributed by atoms with Gasteiger partial charge in [0.05, 0.1) is 0 Å². The third-order valence-electron chi connectivity index (χ3n) is 3.72. The molecule has 0 spiro atoms. The summed E-state index contributed by atoms with van der Waals surface area (Å²) in [6.07, 6.45) is 0. The predicted molar refractivity (Wildman–Crippen MR) is 92.2 cm³/mol. The monoisotopic (exact) mass is 344 g/mol. The number of carbonyl (C=O) groups excluding carboxylic acids is 1. The zero-order chi connectivity index (χ0) is 15.6. The zero-order valence-corrected chi connectivity index (χ0v) is 14.6. The van der Waals surface area contributed by atoms with E-state index in [1.54, 1.807) is 0 Å². The lowest BCUT2D eigenvalue weighted by molar-refractivity contribution is 0.103. The molecule has 21 heavy (non-hydrogen) atoms. The molecule has 0 amide bonds. The van der Waals surface area contributed by atoms with Gasteiger partial charge in [-0.05, 0) is 47.2 Å². The molecule has 0 heterocycles. The van der Waals surface area contributed by atoms with Gasteiger partial charge in [-0.2, -0.15) is 0 Å². The molecule has 0 bridgehead atoms. The Labute approximate surface area is 135 Å². The van der Waals surface area contributed by atoms with Gasteiger partial charge in [0.25, 0.3) is 0 Å². The number of hydrogen-bond acceptors (Lipinski definition) is 1. The quantitative estimate of drug-likeness (QED) is 0.628. The highest BCUT2D eigenvalue weighted by atomic mass is 79.9. The molecule has 2 rings (SSSR count). The summed E-state index contributed by atoms with van der Waals surface area (Å²) in [6, 6.07) is 13.8. The summed E-state index contributed by atoms with van der Waals surface area (Å²) in [5.41, 5.74) is 3.97. The maximum atomic E-state index is 12.7. The van der Waals surface area contributed by atoms with Crippen LogP contribution in [0.4, 0.5) is 0 Å². The Bertz CT molecular complexity index is 639. The van der Waals surface area contributed by atoms with Crippen molar-refractivity contribution in [1.29, 1.82) is 0 Å². The van der Waals surface area contributed by atoms with Gasteiger partial charge in [0.15, 0.2) is 5.78 Å². The molecule has 0 aliphatic carbocycles. The van der Waals surface area contributed by atoms with E-state index < -0.39 is 0 Å². The fraction of sp³-hybridized carbons (Fsp3) is 0.316. The summed E-state index contributed by atoms with van der Waals surface area (Å²) in [4.78, 5) is 12.7. The second kappa shape index (κ2) is 6.57. The van der Waals surface area contributed by atoms with Gasteiger partial charge >= 0.3 is 0 Å². The van der Waals surface area contributed by atoms with Crippen LogP contribution in [0.3, 0.4) is 0 Å². The van der Waals surface area contributed by atoms with E-state index in [2.05, 4.69) is 55.8 Å². The minimum absolute atomic E-state index is 0.0986. The second-order valence-corrected chi connectivity index (χ2v) is 6.91. The average molecular weight is 345 g/mol. The number of halogens is 1. The lowest BCUT2D eigenvalue weighted by Crippen LogP contribution is -2.07. The lowest BCUT2D eigenvalue weighted by atomic mass is 9.88. The van der Waals surface area contributed by atoms with Gasteiger partial charge in [-0.1, -0.05) is 61.8 Å². The van der Waals surface area contributed by atoms with Crippen LogP contribution in [0.2, 0.25) is 0 Å². The van der Waals surface area contributed by atoms with E-state index in [0.29, 0.717) is 11.8 Å². The topological polar surface area (TPSA) is 17.1 Å². The van der Waals surface area contributed by atoms with E-state index in [0.717, 1.165) is 21.2 Å². The maximum absolute atomic E-state index is 12.7. The third kappa shape index (κ3) is 3.62. The molecule has 2 aromatic carbocycles. The van der Waals surface area contributed by atoms with Gasteiger partial charge < -0.3 is 0 Å². The van der Waals surface area contributed by atoms with Gasteiger partial charge in [-0.15, -0.1) is 0 Å². The van der Waals surface area contributed by atoms with Crippen molar-refractivity contribution in [2.75, 3.05) is 0 Å². The van der Waals surface area contributed by atoms with Crippen molar-refractivity contribution in [3.05, 3.63) is 69.2 Å². The summed E-state index contributed by atoms with van der Waals surface area (Å²) in [7, 11) is 0. The molecule has 0 saturated heterocycles. The van der Waals surface area contributed by atoms with Crippen molar-refractivity contribution in [3.8, 4) is 0 Å². The first-order valence-corrected chi connectivity index (χ1v) is 8.13. The van der Waals surface area contributed by atoms with Crippen molar-refractivity contribution >= 4 is 21.7 Å². The Morgan fingerprint density at radius 3 is 2.05 bits per heavy atom. The summed E-state index contributed by atoms with van der Waals surface area (Å²) in [5.74, 6) is 0.902. The van der Waals surface area contributed by atoms with Crippen LogP contribution >= 0.6 is 15.9 Å². The van der Waals surface area contributed by atoms with Crippen molar-refractivity contribution in [1.82, 2.24) is 0 Å². The summed E-state index contributed by atoms with van der Waals surface area (Å²) >= 11 is 3.40. The number of benzene rings is 2. The number of rotatable bonds is 4. The fourth-order valence-corrected chi connectivity index (χ4v) is 2.65. The van der Waals surface area contributed by atoms with Gasteiger partial charge in [-0.25, -0.2) is 0 Å². The van der Waals surface area contributed by atoms with Crippen molar-refractivity contribution in [3.63, 3.8) is 0 Å². The van der Waals surface area contributed by atoms with Crippen LogP contribution in [0.5, 0.6) is 0 Å². The van der Waals surface area contributed by atoms with E-state index in [4.69, 9.17) is 0 Å².